The monoisotopic (exact) mass is 164 g/mol. The molecule has 0 radical (unpaired) electrons. The van der Waals surface area contributed by atoms with Crippen LogP contribution in [0.1, 0.15) is 6.42 Å². The van der Waals surface area contributed by atoms with E-state index < -0.39 is 0 Å². The summed E-state index contributed by atoms with van der Waals surface area (Å²) in [6.07, 6.45) is 11.6. The maximum atomic E-state index is 5.37. The summed E-state index contributed by atoms with van der Waals surface area (Å²) in [5.74, 6) is 0. The molecule has 1 aliphatic rings. The van der Waals surface area contributed by atoms with Gasteiger partial charge in [-0.2, -0.15) is 0 Å². The van der Waals surface area contributed by atoms with E-state index in [1.807, 2.05) is 0 Å². The molecule has 0 unspecified atom stereocenters. The van der Waals surface area contributed by atoms with E-state index in [0.29, 0.717) is 0 Å². The second-order valence-electron chi connectivity index (χ2n) is 2.95. The van der Waals surface area contributed by atoms with Crippen LogP contribution in [0.3, 0.4) is 0 Å². The fourth-order valence-electron chi connectivity index (χ4n) is 1.12. The summed E-state index contributed by atoms with van der Waals surface area (Å²) in [5.41, 5.74) is 6.62. The minimum atomic E-state index is 0.726. The molecule has 2 heteroatoms. The highest BCUT2D eigenvalue weighted by Crippen LogP contribution is 2.06. The van der Waals surface area contributed by atoms with E-state index in [1.54, 1.807) is 0 Å². The molecule has 0 aromatic rings. The maximum absolute atomic E-state index is 5.37. The number of hydrogen-bond acceptors (Lipinski definition) is 2. The van der Waals surface area contributed by atoms with E-state index >= 15 is 0 Å². The minimum absolute atomic E-state index is 0.726. The average Bonchev–Trinajstić information content (AvgIpc) is 2.05. The van der Waals surface area contributed by atoms with Crippen molar-refractivity contribution in [3.05, 3.63) is 36.1 Å². The lowest BCUT2D eigenvalue weighted by Crippen LogP contribution is -2.13. The van der Waals surface area contributed by atoms with Crippen LogP contribution in [0.5, 0.6) is 0 Å². The first-order valence-corrected chi connectivity index (χ1v) is 4.28. The topological polar surface area (TPSA) is 29.3 Å². The molecule has 0 aliphatic carbocycles. The molecule has 1 aliphatic heterocycles. The first-order valence-electron chi connectivity index (χ1n) is 4.28. The lowest BCUT2D eigenvalue weighted by Gasteiger charge is -2.15. The average molecular weight is 164 g/mol. The fourth-order valence-corrected chi connectivity index (χ4v) is 1.12. The Morgan fingerprint density at radius 3 is 3.17 bits per heavy atom. The van der Waals surface area contributed by atoms with Crippen molar-refractivity contribution in [2.24, 2.45) is 5.73 Å². The highest BCUT2D eigenvalue weighted by atomic mass is 15.1. The van der Waals surface area contributed by atoms with E-state index in [9.17, 15) is 0 Å². The summed E-state index contributed by atoms with van der Waals surface area (Å²) in [6, 6.07) is 0. The van der Waals surface area contributed by atoms with Gasteiger partial charge in [0.25, 0.3) is 0 Å². The second-order valence-corrected chi connectivity index (χ2v) is 2.95. The van der Waals surface area contributed by atoms with Gasteiger partial charge in [0.05, 0.1) is 0 Å². The predicted molar refractivity (Wildman–Crippen MR) is 52.7 cm³/mol. The summed E-state index contributed by atoms with van der Waals surface area (Å²) >= 11 is 0. The number of rotatable bonds is 3. The molecule has 2 N–H and O–H groups in total. The molecule has 0 atom stereocenters. The zero-order chi connectivity index (χ0) is 8.81. The molecule has 0 amide bonds. The van der Waals surface area contributed by atoms with E-state index in [2.05, 4.69) is 42.5 Å². The van der Waals surface area contributed by atoms with Crippen LogP contribution in [0.15, 0.2) is 36.1 Å². The van der Waals surface area contributed by atoms with Gasteiger partial charge in [0.15, 0.2) is 0 Å². The van der Waals surface area contributed by atoms with Crippen LogP contribution in [0.4, 0.5) is 0 Å². The Hall–Kier alpha value is -1.02. The molecule has 0 spiro atoms. The van der Waals surface area contributed by atoms with Crippen LogP contribution in [0.2, 0.25) is 0 Å². The van der Waals surface area contributed by atoms with Crippen LogP contribution in [0, 0.1) is 0 Å². The van der Waals surface area contributed by atoms with Crippen molar-refractivity contribution in [1.29, 1.82) is 0 Å². The molecule has 1 rings (SSSR count). The van der Waals surface area contributed by atoms with Gasteiger partial charge in [-0.1, -0.05) is 24.3 Å². The van der Waals surface area contributed by atoms with E-state index in [1.165, 1.54) is 5.57 Å². The van der Waals surface area contributed by atoms with Gasteiger partial charge in [0, 0.05) is 19.8 Å². The molecule has 0 aromatic carbocycles. The smallest absolute Gasteiger partial charge is 0.0354 e. The second kappa shape index (κ2) is 4.78. The Kier molecular flexibility index (Phi) is 3.61. The lowest BCUT2D eigenvalue weighted by molar-refractivity contribution is 0.502. The number of nitrogens with zero attached hydrogens (tertiary/aromatic N) is 1. The zero-order valence-corrected chi connectivity index (χ0v) is 7.53. The minimum Gasteiger partial charge on any atom is -0.376 e. The van der Waals surface area contributed by atoms with Gasteiger partial charge in [-0.05, 0) is 18.5 Å². The van der Waals surface area contributed by atoms with Crippen LogP contribution in [-0.2, 0) is 0 Å². The highest BCUT2D eigenvalue weighted by molar-refractivity contribution is 5.32. The largest absolute Gasteiger partial charge is 0.376 e. The summed E-state index contributed by atoms with van der Waals surface area (Å²) in [6.45, 7) is 1.73. The standard InChI is InChI=1S/C10H16N2/c1-12-8-4-6-10(9-12)5-2-3-7-11/h2,4-6,9H,3,7-8,11H2,1H3. The normalized spacial score (nSPS) is 17.2. The van der Waals surface area contributed by atoms with Crippen LogP contribution < -0.4 is 5.73 Å². The van der Waals surface area contributed by atoms with Gasteiger partial charge in [0.2, 0.25) is 0 Å². The highest BCUT2D eigenvalue weighted by Gasteiger charge is 1.95. The van der Waals surface area contributed by atoms with Crippen LogP contribution >= 0.6 is 0 Å². The van der Waals surface area contributed by atoms with Crippen molar-refractivity contribution in [1.82, 2.24) is 4.90 Å². The van der Waals surface area contributed by atoms with Gasteiger partial charge in [0.1, 0.15) is 0 Å². The summed E-state index contributed by atoms with van der Waals surface area (Å²) in [4.78, 5) is 2.15. The van der Waals surface area contributed by atoms with E-state index in [-0.39, 0.29) is 0 Å². The zero-order valence-electron chi connectivity index (χ0n) is 7.53. The molecule has 1 heterocycles. The van der Waals surface area contributed by atoms with Crippen molar-refractivity contribution < 1.29 is 0 Å². The Morgan fingerprint density at radius 1 is 1.67 bits per heavy atom. The number of nitrogens with two attached hydrogens (primary N) is 1. The third-order valence-electron chi connectivity index (χ3n) is 1.72. The van der Waals surface area contributed by atoms with Crippen molar-refractivity contribution >= 4 is 0 Å². The lowest BCUT2D eigenvalue weighted by atomic mass is 10.2. The fraction of sp³-hybridized carbons (Fsp3) is 0.400. The van der Waals surface area contributed by atoms with Crippen LogP contribution in [-0.4, -0.2) is 25.0 Å². The first kappa shape index (κ1) is 9.07. The molecular formula is C10H16N2. The molecule has 0 aromatic heterocycles. The van der Waals surface area contributed by atoms with Crippen molar-refractivity contribution in [3.63, 3.8) is 0 Å². The predicted octanol–water partition coefficient (Wildman–Crippen LogP) is 1.28. The van der Waals surface area contributed by atoms with Crippen molar-refractivity contribution in [2.75, 3.05) is 20.1 Å². The van der Waals surface area contributed by atoms with Gasteiger partial charge in [-0.25, -0.2) is 0 Å². The maximum Gasteiger partial charge on any atom is 0.0354 e. The number of allylic oxidation sites excluding steroid dienone is 3. The SMILES string of the molecule is CN1C=C(C=CCCN)C=CC1. The summed E-state index contributed by atoms with van der Waals surface area (Å²) in [5, 5.41) is 0. The van der Waals surface area contributed by atoms with E-state index in [4.69, 9.17) is 5.73 Å². The van der Waals surface area contributed by atoms with Gasteiger partial charge in [-0.15, -0.1) is 0 Å². The van der Waals surface area contributed by atoms with Gasteiger partial charge < -0.3 is 10.6 Å². The molecule has 0 fully saturated rings. The van der Waals surface area contributed by atoms with E-state index in [0.717, 1.165) is 19.5 Å². The Balaban J connectivity index is 2.46. The van der Waals surface area contributed by atoms with Crippen LogP contribution in [0.25, 0.3) is 0 Å². The summed E-state index contributed by atoms with van der Waals surface area (Å²) in [7, 11) is 2.07. The molecule has 66 valence electrons. The van der Waals surface area contributed by atoms with Gasteiger partial charge in [-0.3, -0.25) is 0 Å². The Morgan fingerprint density at radius 2 is 2.50 bits per heavy atom. The molecule has 0 saturated carbocycles. The summed E-state index contributed by atoms with van der Waals surface area (Å²) < 4.78 is 0. The molecule has 2 nitrogen and oxygen atoms in total. The first-order chi connectivity index (χ1) is 5.83. The quantitative estimate of drug-likeness (QED) is 0.680. The molecule has 12 heavy (non-hydrogen) atoms. The number of hydrogen-bond donors (Lipinski definition) is 1. The Bertz CT molecular complexity index is 214. The molecule has 0 saturated heterocycles. The van der Waals surface area contributed by atoms with Gasteiger partial charge >= 0.3 is 0 Å². The Labute approximate surface area is 74.0 Å². The third-order valence-corrected chi connectivity index (χ3v) is 1.72. The third kappa shape index (κ3) is 2.93. The number of likely N-dealkylation sites (N-methyl/N-ethyl adjacent to an activating group) is 1. The molecular weight excluding hydrogens is 148 g/mol. The van der Waals surface area contributed by atoms with Crippen molar-refractivity contribution in [2.45, 2.75) is 6.42 Å². The molecule has 0 bridgehead atoms. The van der Waals surface area contributed by atoms with Crippen molar-refractivity contribution in [3.8, 4) is 0 Å².